The topological polar surface area (TPSA) is 47.6 Å². The zero-order valence-corrected chi connectivity index (χ0v) is 14.7. The van der Waals surface area contributed by atoms with Gasteiger partial charge in [0.05, 0.1) is 0 Å². The molecule has 0 saturated carbocycles. The molecule has 3 rings (SSSR count). The van der Waals surface area contributed by atoms with Crippen LogP contribution in [-0.4, -0.2) is 18.5 Å². The summed E-state index contributed by atoms with van der Waals surface area (Å²) in [6, 6.07) is 12.1. The SMILES string of the molecule is Cc1ccc(SCCC(=O)NCc2ccc3c(c2)OCO3)cc1C. The molecule has 0 spiro atoms. The van der Waals surface area contributed by atoms with E-state index in [-0.39, 0.29) is 12.7 Å². The summed E-state index contributed by atoms with van der Waals surface area (Å²) >= 11 is 1.71. The van der Waals surface area contributed by atoms with Gasteiger partial charge in [0, 0.05) is 23.6 Å². The van der Waals surface area contributed by atoms with Gasteiger partial charge in [0.25, 0.3) is 0 Å². The number of amides is 1. The van der Waals surface area contributed by atoms with Crippen LogP contribution in [-0.2, 0) is 11.3 Å². The molecule has 24 heavy (non-hydrogen) atoms. The summed E-state index contributed by atoms with van der Waals surface area (Å²) in [5.74, 6) is 2.33. The Bertz CT molecular complexity index is 745. The van der Waals surface area contributed by atoms with Crippen molar-refractivity contribution >= 4 is 17.7 Å². The minimum atomic E-state index is 0.0593. The molecule has 0 aromatic heterocycles. The van der Waals surface area contributed by atoms with Crippen LogP contribution in [0.2, 0.25) is 0 Å². The van der Waals surface area contributed by atoms with Crippen LogP contribution in [0.15, 0.2) is 41.3 Å². The summed E-state index contributed by atoms with van der Waals surface area (Å²) < 4.78 is 10.6. The minimum Gasteiger partial charge on any atom is -0.454 e. The fraction of sp³-hybridized carbons (Fsp3) is 0.316. The maximum atomic E-state index is 12.0. The molecule has 1 aliphatic rings. The third-order valence-electron chi connectivity index (χ3n) is 4.00. The average molecular weight is 343 g/mol. The van der Waals surface area contributed by atoms with E-state index < -0.39 is 0 Å². The Morgan fingerprint density at radius 2 is 1.92 bits per heavy atom. The smallest absolute Gasteiger partial charge is 0.231 e. The highest BCUT2D eigenvalue weighted by atomic mass is 32.2. The number of hydrogen-bond acceptors (Lipinski definition) is 4. The van der Waals surface area contributed by atoms with Crippen LogP contribution in [0.1, 0.15) is 23.1 Å². The van der Waals surface area contributed by atoms with Gasteiger partial charge in [-0.1, -0.05) is 12.1 Å². The van der Waals surface area contributed by atoms with E-state index in [0.717, 1.165) is 22.8 Å². The summed E-state index contributed by atoms with van der Waals surface area (Å²) in [5.41, 5.74) is 3.59. The number of nitrogens with one attached hydrogen (secondary N) is 1. The lowest BCUT2D eigenvalue weighted by molar-refractivity contribution is -0.120. The third-order valence-corrected chi connectivity index (χ3v) is 5.00. The summed E-state index contributed by atoms with van der Waals surface area (Å²) in [4.78, 5) is 13.2. The predicted molar refractivity (Wildman–Crippen MR) is 95.7 cm³/mol. The molecule has 5 heteroatoms. The number of carbonyl (C=O) groups excluding carboxylic acids is 1. The Morgan fingerprint density at radius 3 is 2.75 bits per heavy atom. The van der Waals surface area contributed by atoms with Gasteiger partial charge in [-0.25, -0.2) is 0 Å². The van der Waals surface area contributed by atoms with Crippen LogP contribution in [0.25, 0.3) is 0 Å². The van der Waals surface area contributed by atoms with E-state index in [2.05, 4.69) is 37.4 Å². The van der Waals surface area contributed by atoms with Gasteiger partial charge in [0.2, 0.25) is 12.7 Å². The third kappa shape index (κ3) is 4.23. The summed E-state index contributed by atoms with van der Waals surface area (Å²) in [6.45, 7) is 4.98. The molecule has 0 bridgehead atoms. The van der Waals surface area contributed by atoms with Crippen molar-refractivity contribution in [2.24, 2.45) is 0 Å². The first-order valence-corrected chi connectivity index (χ1v) is 8.95. The Labute approximate surface area is 146 Å². The first kappa shape index (κ1) is 16.7. The molecule has 0 unspecified atom stereocenters. The van der Waals surface area contributed by atoms with Gasteiger partial charge in [-0.3, -0.25) is 4.79 Å². The molecule has 1 amide bonds. The van der Waals surface area contributed by atoms with E-state index >= 15 is 0 Å². The zero-order valence-electron chi connectivity index (χ0n) is 13.9. The highest BCUT2D eigenvalue weighted by Crippen LogP contribution is 2.32. The maximum Gasteiger partial charge on any atom is 0.231 e. The molecule has 4 nitrogen and oxygen atoms in total. The van der Waals surface area contributed by atoms with Crippen molar-refractivity contribution in [1.82, 2.24) is 5.32 Å². The second-order valence-corrected chi connectivity index (χ2v) is 6.98. The van der Waals surface area contributed by atoms with Gasteiger partial charge in [-0.2, -0.15) is 0 Å². The minimum absolute atomic E-state index is 0.0593. The number of hydrogen-bond donors (Lipinski definition) is 1. The number of fused-ring (bicyclic) bond motifs is 1. The number of aryl methyl sites for hydroxylation is 2. The molecule has 0 fully saturated rings. The highest BCUT2D eigenvalue weighted by molar-refractivity contribution is 7.99. The van der Waals surface area contributed by atoms with Crippen molar-refractivity contribution in [3.8, 4) is 11.5 Å². The molecular weight excluding hydrogens is 322 g/mol. The molecule has 0 aliphatic carbocycles. The van der Waals surface area contributed by atoms with E-state index in [0.29, 0.717) is 13.0 Å². The van der Waals surface area contributed by atoms with Crippen LogP contribution in [0.5, 0.6) is 11.5 Å². The normalized spacial score (nSPS) is 12.2. The van der Waals surface area contributed by atoms with Gasteiger partial charge in [0.15, 0.2) is 11.5 Å². The fourth-order valence-electron chi connectivity index (χ4n) is 2.41. The number of benzene rings is 2. The van der Waals surface area contributed by atoms with Crippen LogP contribution < -0.4 is 14.8 Å². The van der Waals surface area contributed by atoms with Gasteiger partial charge >= 0.3 is 0 Å². The molecule has 1 aliphatic heterocycles. The van der Waals surface area contributed by atoms with Crippen LogP contribution >= 0.6 is 11.8 Å². The lowest BCUT2D eigenvalue weighted by Gasteiger charge is -2.07. The van der Waals surface area contributed by atoms with Gasteiger partial charge in [-0.15, -0.1) is 11.8 Å². The molecular formula is C19H21NO3S. The summed E-state index contributed by atoms with van der Waals surface area (Å²) in [6.07, 6.45) is 0.502. The molecule has 1 N–H and O–H groups in total. The van der Waals surface area contributed by atoms with Crippen molar-refractivity contribution < 1.29 is 14.3 Å². The Hall–Kier alpha value is -2.14. The van der Waals surface area contributed by atoms with Crippen LogP contribution in [0.3, 0.4) is 0 Å². The van der Waals surface area contributed by atoms with E-state index in [1.165, 1.54) is 16.0 Å². The standard InChI is InChI=1S/C19H21NO3S/c1-13-3-5-16(9-14(13)2)24-8-7-19(21)20-11-15-4-6-17-18(10-15)23-12-22-17/h3-6,9-10H,7-8,11-12H2,1-2H3,(H,20,21). The Kier molecular flexibility index (Phi) is 5.30. The van der Waals surface area contributed by atoms with Crippen LogP contribution in [0.4, 0.5) is 0 Å². The highest BCUT2D eigenvalue weighted by Gasteiger charge is 2.13. The van der Waals surface area contributed by atoms with Gasteiger partial charge in [-0.05, 0) is 54.8 Å². The van der Waals surface area contributed by atoms with Crippen molar-refractivity contribution in [3.63, 3.8) is 0 Å². The van der Waals surface area contributed by atoms with Crippen molar-refractivity contribution in [1.29, 1.82) is 0 Å². The summed E-state index contributed by atoms with van der Waals surface area (Å²) in [7, 11) is 0. The maximum absolute atomic E-state index is 12.0. The van der Waals surface area contributed by atoms with Crippen molar-refractivity contribution in [2.45, 2.75) is 31.7 Å². The van der Waals surface area contributed by atoms with Crippen molar-refractivity contribution in [2.75, 3.05) is 12.5 Å². The quantitative estimate of drug-likeness (QED) is 0.810. The van der Waals surface area contributed by atoms with Gasteiger partial charge < -0.3 is 14.8 Å². The Balaban J connectivity index is 1.42. The monoisotopic (exact) mass is 343 g/mol. The van der Waals surface area contributed by atoms with E-state index in [1.54, 1.807) is 11.8 Å². The second-order valence-electron chi connectivity index (χ2n) is 5.81. The Morgan fingerprint density at radius 1 is 1.08 bits per heavy atom. The largest absolute Gasteiger partial charge is 0.454 e. The van der Waals surface area contributed by atoms with Crippen molar-refractivity contribution in [3.05, 3.63) is 53.1 Å². The number of rotatable bonds is 6. The number of carbonyl (C=O) groups is 1. The molecule has 126 valence electrons. The fourth-order valence-corrected chi connectivity index (χ4v) is 3.35. The van der Waals surface area contributed by atoms with Crippen LogP contribution in [0, 0.1) is 13.8 Å². The predicted octanol–water partition coefficient (Wildman–Crippen LogP) is 3.83. The first-order chi connectivity index (χ1) is 11.6. The molecule has 1 heterocycles. The molecule has 2 aromatic rings. The molecule has 0 saturated heterocycles. The molecule has 2 aromatic carbocycles. The second kappa shape index (κ2) is 7.62. The lowest BCUT2D eigenvalue weighted by Crippen LogP contribution is -2.22. The van der Waals surface area contributed by atoms with E-state index in [1.807, 2.05) is 18.2 Å². The average Bonchev–Trinajstić information content (AvgIpc) is 3.04. The number of thioether (sulfide) groups is 1. The van der Waals surface area contributed by atoms with E-state index in [4.69, 9.17) is 9.47 Å². The number of ether oxygens (including phenoxy) is 2. The summed E-state index contributed by atoms with van der Waals surface area (Å²) in [5, 5.41) is 2.95. The molecule has 0 atom stereocenters. The zero-order chi connectivity index (χ0) is 16.9. The molecule has 0 radical (unpaired) electrons. The van der Waals surface area contributed by atoms with Gasteiger partial charge in [0.1, 0.15) is 0 Å². The lowest BCUT2D eigenvalue weighted by atomic mass is 10.1. The first-order valence-electron chi connectivity index (χ1n) is 7.97. The van der Waals surface area contributed by atoms with E-state index in [9.17, 15) is 4.79 Å².